The standard InChI is InChI=1S/C13H8BrCl2N3O2/c14-7-4-5-10(17-6-7)18-13(21)19-12(20)11-8(15)2-1-3-9(11)16/h1-6H,(H2,17,18,19,20,21). The Kier molecular flexibility index (Phi) is 5.17. The van der Waals surface area contributed by atoms with Gasteiger partial charge in [-0.2, -0.15) is 0 Å². The zero-order valence-corrected chi connectivity index (χ0v) is 13.5. The second kappa shape index (κ2) is 6.89. The number of nitrogens with one attached hydrogen (secondary N) is 2. The highest BCUT2D eigenvalue weighted by atomic mass is 79.9. The summed E-state index contributed by atoms with van der Waals surface area (Å²) in [7, 11) is 0. The number of amides is 3. The number of carbonyl (C=O) groups excluding carboxylic acids is 2. The molecule has 1 heterocycles. The van der Waals surface area contributed by atoms with E-state index in [1.54, 1.807) is 18.2 Å². The SMILES string of the molecule is O=C(NC(=O)c1c(Cl)cccc1Cl)Nc1ccc(Br)cn1. The molecule has 0 aliphatic rings. The average molecular weight is 389 g/mol. The Balaban J connectivity index is 2.06. The molecule has 2 rings (SSSR count). The summed E-state index contributed by atoms with van der Waals surface area (Å²) in [5.74, 6) is -0.394. The van der Waals surface area contributed by atoms with E-state index in [0.717, 1.165) is 4.47 Å². The van der Waals surface area contributed by atoms with Crippen LogP contribution in [0.5, 0.6) is 0 Å². The molecular formula is C13H8BrCl2N3O2. The third kappa shape index (κ3) is 4.17. The first kappa shape index (κ1) is 15.8. The number of hydrogen-bond donors (Lipinski definition) is 2. The van der Waals surface area contributed by atoms with Gasteiger partial charge in [0, 0.05) is 10.7 Å². The summed E-state index contributed by atoms with van der Waals surface area (Å²) in [5, 5.41) is 4.87. The second-order valence-corrected chi connectivity index (χ2v) is 5.60. The molecule has 21 heavy (non-hydrogen) atoms. The molecule has 2 N–H and O–H groups in total. The fraction of sp³-hybridized carbons (Fsp3) is 0. The highest BCUT2D eigenvalue weighted by Gasteiger charge is 2.17. The maximum absolute atomic E-state index is 12.0. The largest absolute Gasteiger partial charge is 0.327 e. The Morgan fingerprint density at radius 1 is 1.10 bits per heavy atom. The molecule has 1 aromatic heterocycles. The van der Waals surface area contributed by atoms with Crippen molar-refractivity contribution in [2.24, 2.45) is 0 Å². The number of nitrogens with zero attached hydrogens (tertiary/aromatic N) is 1. The van der Waals surface area contributed by atoms with Crippen molar-refractivity contribution in [3.63, 3.8) is 0 Å². The highest BCUT2D eigenvalue weighted by Crippen LogP contribution is 2.23. The van der Waals surface area contributed by atoms with E-state index in [1.165, 1.54) is 18.3 Å². The Labute approximate surface area is 138 Å². The van der Waals surface area contributed by atoms with Gasteiger partial charge in [-0.1, -0.05) is 29.3 Å². The first-order valence-corrected chi connectivity index (χ1v) is 7.20. The van der Waals surface area contributed by atoms with Crippen molar-refractivity contribution in [1.29, 1.82) is 0 Å². The molecule has 8 heteroatoms. The minimum atomic E-state index is -0.731. The smallest absolute Gasteiger partial charge is 0.292 e. The molecular weight excluding hydrogens is 381 g/mol. The van der Waals surface area contributed by atoms with Gasteiger partial charge in [-0.15, -0.1) is 0 Å². The Morgan fingerprint density at radius 3 is 2.33 bits per heavy atom. The van der Waals surface area contributed by atoms with Crippen LogP contribution in [-0.2, 0) is 0 Å². The molecule has 0 fully saturated rings. The van der Waals surface area contributed by atoms with Crippen LogP contribution in [0.25, 0.3) is 0 Å². The highest BCUT2D eigenvalue weighted by molar-refractivity contribution is 9.10. The third-order valence-electron chi connectivity index (χ3n) is 2.39. The van der Waals surface area contributed by atoms with E-state index in [9.17, 15) is 9.59 Å². The van der Waals surface area contributed by atoms with Crippen molar-refractivity contribution in [1.82, 2.24) is 10.3 Å². The summed E-state index contributed by atoms with van der Waals surface area (Å²) < 4.78 is 0.771. The zero-order valence-electron chi connectivity index (χ0n) is 10.4. The lowest BCUT2D eigenvalue weighted by molar-refractivity contribution is 0.0967. The number of benzene rings is 1. The van der Waals surface area contributed by atoms with Crippen LogP contribution in [0.3, 0.4) is 0 Å². The van der Waals surface area contributed by atoms with E-state index in [4.69, 9.17) is 23.2 Å². The number of halogens is 3. The summed E-state index contributed by atoms with van der Waals surface area (Å²) in [5.41, 5.74) is 0.0414. The Hall–Kier alpha value is -1.63. The number of anilines is 1. The minimum absolute atomic E-state index is 0.0414. The zero-order chi connectivity index (χ0) is 15.4. The fourth-order valence-corrected chi connectivity index (χ4v) is 2.28. The number of aromatic nitrogens is 1. The van der Waals surface area contributed by atoms with E-state index >= 15 is 0 Å². The Morgan fingerprint density at radius 2 is 1.76 bits per heavy atom. The lowest BCUT2D eigenvalue weighted by atomic mass is 10.2. The average Bonchev–Trinajstić information content (AvgIpc) is 2.41. The van der Waals surface area contributed by atoms with Gasteiger partial charge in [0.2, 0.25) is 0 Å². The number of rotatable bonds is 2. The van der Waals surface area contributed by atoms with Crippen LogP contribution in [0.15, 0.2) is 41.0 Å². The van der Waals surface area contributed by atoms with E-state index in [2.05, 4.69) is 31.5 Å². The van der Waals surface area contributed by atoms with Crippen molar-refractivity contribution in [3.8, 4) is 0 Å². The van der Waals surface area contributed by atoms with Crippen LogP contribution >= 0.6 is 39.1 Å². The van der Waals surface area contributed by atoms with Crippen molar-refractivity contribution in [2.75, 3.05) is 5.32 Å². The molecule has 0 spiro atoms. The topological polar surface area (TPSA) is 71.1 Å². The maximum Gasteiger partial charge on any atom is 0.327 e. The van der Waals surface area contributed by atoms with Crippen LogP contribution in [-0.4, -0.2) is 16.9 Å². The number of hydrogen-bond acceptors (Lipinski definition) is 3. The molecule has 3 amide bonds. The maximum atomic E-state index is 12.0. The molecule has 5 nitrogen and oxygen atoms in total. The van der Waals surface area contributed by atoms with Crippen LogP contribution in [0.2, 0.25) is 10.0 Å². The monoisotopic (exact) mass is 387 g/mol. The predicted octanol–water partition coefficient (Wildman–Crippen LogP) is 4.11. The van der Waals surface area contributed by atoms with E-state index in [0.29, 0.717) is 5.82 Å². The summed E-state index contributed by atoms with van der Waals surface area (Å²) in [6.07, 6.45) is 1.52. The molecule has 0 unspecified atom stereocenters. The minimum Gasteiger partial charge on any atom is -0.292 e. The molecule has 0 saturated heterocycles. The molecule has 0 bridgehead atoms. The summed E-state index contributed by atoms with van der Waals surface area (Å²) in [6, 6.07) is 7.18. The van der Waals surface area contributed by atoms with Crippen LogP contribution in [0.1, 0.15) is 10.4 Å². The first-order chi connectivity index (χ1) is 9.97. The molecule has 0 aliphatic heterocycles. The molecule has 0 saturated carbocycles. The van der Waals surface area contributed by atoms with Crippen molar-refractivity contribution >= 4 is 56.9 Å². The van der Waals surface area contributed by atoms with Gasteiger partial charge in [0.1, 0.15) is 5.82 Å². The van der Waals surface area contributed by atoms with Crippen LogP contribution < -0.4 is 10.6 Å². The van der Waals surface area contributed by atoms with Gasteiger partial charge in [-0.25, -0.2) is 9.78 Å². The second-order valence-electron chi connectivity index (χ2n) is 3.87. The number of carbonyl (C=O) groups is 2. The van der Waals surface area contributed by atoms with E-state index < -0.39 is 11.9 Å². The van der Waals surface area contributed by atoms with E-state index in [-0.39, 0.29) is 15.6 Å². The van der Waals surface area contributed by atoms with Crippen molar-refractivity contribution < 1.29 is 9.59 Å². The van der Waals surface area contributed by atoms with Crippen LogP contribution in [0.4, 0.5) is 10.6 Å². The normalized spacial score (nSPS) is 10.0. The van der Waals surface area contributed by atoms with Gasteiger partial charge >= 0.3 is 6.03 Å². The molecule has 0 atom stereocenters. The number of pyridine rings is 1. The van der Waals surface area contributed by atoms with E-state index in [1.807, 2.05) is 0 Å². The lowest BCUT2D eigenvalue weighted by Gasteiger charge is -2.08. The lowest BCUT2D eigenvalue weighted by Crippen LogP contribution is -2.34. The third-order valence-corrected chi connectivity index (χ3v) is 3.48. The summed E-state index contributed by atoms with van der Waals surface area (Å²) in [6.45, 7) is 0. The summed E-state index contributed by atoms with van der Waals surface area (Å²) in [4.78, 5) is 27.6. The van der Waals surface area contributed by atoms with Gasteiger partial charge in [-0.05, 0) is 40.2 Å². The fourth-order valence-electron chi connectivity index (χ4n) is 1.48. The first-order valence-electron chi connectivity index (χ1n) is 5.65. The van der Waals surface area contributed by atoms with Crippen molar-refractivity contribution in [3.05, 3.63) is 56.6 Å². The van der Waals surface area contributed by atoms with Crippen molar-refractivity contribution in [2.45, 2.75) is 0 Å². The van der Waals surface area contributed by atoms with Gasteiger partial charge in [0.05, 0.1) is 15.6 Å². The summed E-state index contributed by atoms with van der Waals surface area (Å²) >= 11 is 15.0. The Bertz CT molecular complexity index is 672. The van der Waals surface area contributed by atoms with Gasteiger partial charge in [-0.3, -0.25) is 15.4 Å². The van der Waals surface area contributed by atoms with Gasteiger partial charge < -0.3 is 0 Å². The molecule has 1 aromatic carbocycles. The quantitative estimate of drug-likeness (QED) is 0.812. The number of imide groups is 1. The molecule has 2 aromatic rings. The molecule has 108 valence electrons. The predicted molar refractivity (Wildman–Crippen MR) is 84.9 cm³/mol. The van der Waals surface area contributed by atoms with Crippen LogP contribution in [0, 0.1) is 0 Å². The van der Waals surface area contributed by atoms with Gasteiger partial charge in [0.25, 0.3) is 5.91 Å². The number of urea groups is 1. The molecule has 0 radical (unpaired) electrons. The molecule has 0 aliphatic carbocycles. The van der Waals surface area contributed by atoms with Gasteiger partial charge in [0.15, 0.2) is 0 Å².